The van der Waals surface area contributed by atoms with E-state index >= 15 is 4.39 Å². The number of hydrogen-bond donors (Lipinski definition) is 1. The predicted molar refractivity (Wildman–Crippen MR) is 146 cm³/mol. The molecular weight excluding hydrogens is 503 g/mol. The van der Waals surface area contributed by atoms with Gasteiger partial charge in [0.2, 0.25) is 0 Å². The number of nitrogens with one attached hydrogen (secondary N) is 1. The topological polar surface area (TPSA) is 75.9 Å². The number of rotatable bonds is 5. The Morgan fingerprint density at radius 2 is 1.76 bits per heavy atom. The molecular formula is C29H37FN4O3S. The van der Waals surface area contributed by atoms with Crippen molar-refractivity contribution in [1.82, 2.24) is 19.6 Å². The third-order valence-electron chi connectivity index (χ3n) is 8.89. The number of imidazole rings is 1. The molecule has 204 valence electrons. The Morgan fingerprint density at radius 3 is 2.47 bits per heavy atom. The average Bonchev–Trinajstić information content (AvgIpc) is 3.39. The molecule has 0 amide bonds. The number of nitrogens with zero attached hydrogens (tertiary/aromatic N) is 3. The molecule has 0 bridgehead atoms. The molecule has 1 N–H and O–H groups in total. The lowest BCUT2D eigenvalue weighted by molar-refractivity contribution is -0.0137. The number of hydrogen-bond acceptors (Lipinski definition) is 6. The molecule has 2 aromatic heterocycles. The summed E-state index contributed by atoms with van der Waals surface area (Å²) in [4.78, 5) is 7.65. The molecule has 0 radical (unpaired) electrons. The Kier molecular flexibility index (Phi) is 7.28. The molecule has 1 aromatic carbocycles. The summed E-state index contributed by atoms with van der Waals surface area (Å²) >= 11 is 0. The van der Waals surface area contributed by atoms with Crippen LogP contribution in [-0.4, -0.2) is 73.9 Å². The van der Waals surface area contributed by atoms with E-state index in [9.17, 15) is 8.42 Å². The molecule has 3 aliphatic rings. The second-order valence-corrected chi connectivity index (χ2v) is 13.2. The van der Waals surface area contributed by atoms with Gasteiger partial charge in [0.05, 0.1) is 10.6 Å². The zero-order valence-electron chi connectivity index (χ0n) is 22.0. The number of halogens is 1. The molecule has 7 nitrogen and oxygen atoms in total. The summed E-state index contributed by atoms with van der Waals surface area (Å²) in [6.07, 6.45) is 11.4. The fourth-order valence-electron chi connectivity index (χ4n) is 6.81. The van der Waals surface area contributed by atoms with Crippen LogP contribution in [0, 0.1) is 11.7 Å². The average molecular weight is 541 g/mol. The minimum atomic E-state index is -3.27. The monoisotopic (exact) mass is 540 g/mol. The maximum Gasteiger partial charge on any atom is 0.175 e. The summed E-state index contributed by atoms with van der Waals surface area (Å²) in [6, 6.07) is 9.61. The number of pyridine rings is 1. The van der Waals surface area contributed by atoms with Gasteiger partial charge in [-0.1, -0.05) is 12.1 Å². The van der Waals surface area contributed by atoms with Crippen molar-refractivity contribution in [2.75, 3.05) is 39.1 Å². The van der Waals surface area contributed by atoms with Crippen molar-refractivity contribution in [3.05, 3.63) is 54.1 Å². The molecule has 3 aromatic rings. The van der Waals surface area contributed by atoms with Gasteiger partial charge in [0.1, 0.15) is 0 Å². The van der Waals surface area contributed by atoms with Crippen LogP contribution in [0.25, 0.3) is 16.9 Å². The van der Waals surface area contributed by atoms with Crippen molar-refractivity contribution in [2.45, 2.75) is 61.4 Å². The molecule has 0 saturated carbocycles. The minimum absolute atomic E-state index is 0.167. The highest BCUT2D eigenvalue weighted by Crippen LogP contribution is 2.40. The summed E-state index contributed by atoms with van der Waals surface area (Å²) in [5.41, 5.74) is 2.48. The van der Waals surface area contributed by atoms with E-state index in [0.29, 0.717) is 29.3 Å². The van der Waals surface area contributed by atoms with E-state index in [1.54, 1.807) is 28.7 Å². The number of piperidine rings is 2. The van der Waals surface area contributed by atoms with Gasteiger partial charge in [0.15, 0.2) is 21.3 Å². The van der Waals surface area contributed by atoms with Crippen LogP contribution in [-0.2, 0) is 14.6 Å². The molecule has 3 saturated heterocycles. The molecule has 3 aliphatic heterocycles. The van der Waals surface area contributed by atoms with E-state index in [2.05, 4.69) is 15.2 Å². The van der Waals surface area contributed by atoms with E-state index in [1.807, 2.05) is 18.5 Å². The molecule has 6 rings (SSSR count). The van der Waals surface area contributed by atoms with Crippen LogP contribution in [0.15, 0.2) is 47.6 Å². The molecule has 5 heterocycles. The van der Waals surface area contributed by atoms with E-state index in [-0.39, 0.29) is 16.6 Å². The Bertz CT molecular complexity index is 1380. The summed E-state index contributed by atoms with van der Waals surface area (Å²) in [7, 11) is -3.27. The lowest BCUT2D eigenvalue weighted by atomic mass is 9.77. The Hall–Kier alpha value is -2.33. The maximum atomic E-state index is 16.0. The van der Waals surface area contributed by atoms with E-state index in [4.69, 9.17) is 4.74 Å². The fourth-order valence-corrected chi connectivity index (χ4v) is 7.44. The Morgan fingerprint density at radius 1 is 1.03 bits per heavy atom. The van der Waals surface area contributed by atoms with E-state index in [1.165, 1.54) is 19.1 Å². The van der Waals surface area contributed by atoms with Gasteiger partial charge in [-0.2, -0.15) is 0 Å². The van der Waals surface area contributed by atoms with Gasteiger partial charge in [-0.25, -0.2) is 17.8 Å². The second kappa shape index (κ2) is 10.7. The van der Waals surface area contributed by atoms with Gasteiger partial charge in [0.25, 0.3) is 0 Å². The van der Waals surface area contributed by atoms with E-state index < -0.39 is 9.84 Å². The van der Waals surface area contributed by atoms with Crippen LogP contribution < -0.4 is 5.32 Å². The van der Waals surface area contributed by atoms with Crippen molar-refractivity contribution in [2.24, 2.45) is 5.92 Å². The van der Waals surface area contributed by atoms with Gasteiger partial charge in [-0.15, -0.1) is 0 Å². The smallest absolute Gasteiger partial charge is 0.175 e. The molecule has 38 heavy (non-hydrogen) atoms. The third-order valence-corrected chi connectivity index (χ3v) is 10.0. The summed E-state index contributed by atoms with van der Waals surface area (Å²) in [5, 5.41) is 3.50. The molecule has 9 heteroatoms. The lowest BCUT2D eigenvalue weighted by Crippen LogP contribution is -2.54. The molecule has 0 spiro atoms. The first-order valence-corrected chi connectivity index (χ1v) is 15.8. The number of benzene rings is 1. The van der Waals surface area contributed by atoms with Crippen LogP contribution in [0.3, 0.4) is 0 Å². The van der Waals surface area contributed by atoms with Gasteiger partial charge in [0, 0.05) is 49.5 Å². The van der Waals surface area contributed by atoms with Crippen LogP contribution in [0.5, 0.6) is 0 Å². The summed E-state index contributed by atoms with van der Waals surface area (Å²) in [5.74, 6) is 0.527. The van der Waals surface area contributed by atoms with Gasteiger partial charge < -0.3 is 14.5 Å². The highest BCUT2D eigenvalue weighted by Gasteiger charge is 2.39. The molecule has 3 fully saturated rings. The predicted octanol–water partition coefficient (Wildman–Crippen LogP) is 4.27. The number of aromatic nitrogens is 2. The summed E-state index contributed by atoms with van der Waals surface area (Å²) in [6.45, 7) is 4.82. The van der Waals surface area contributed by atoms with Crippen molar-refractivity contribution >= 4 is 15.5 Å². The first-order valence-electron chi connectivity index (χ1n) is 13.9. The first kappa shape index (κ1) is 25.9. The van der Waals surface area contributed by atoms with Gasteiger partial charge in [-0.3, -0.25) is 4.90 Å². The summed E-state index contributed by atoms with van der Waals surface area (Å²) < 4.78 is 47.1. The van der Waals surface area contributed by atoms with Gasteiger partial charge >= 0.3 is 0 Å². The van der Waals surface area contributed by atoms with Crippen LogP contribution in [0.4, 0.5) is 4.39 Å². The second-order valence-electron chi connectivity index (χ2n) is 11.2. The Labute approximate surface area is 224 Å². The van der Waals surface area contributed by atoms with Crippen molar-refractivity contribution in [3.63, 3.8) is 0 Å². The zero-order valence-corrected chi connectivity index (χ0v) is 22.8. The highest BCUT2D eigenvalue weighted by atomic mass is 32.2. The largest absolute Gasteiger partial charge is 0.381 e. The third kappa shape index (κ3) is 5.13. The minimum Gasteiger partial charge on any atom is -0.381 e. The van der Waals surface area contributed by atoms with Crippen LogP contribution in [0.2, 0.25) is 0 Å². The fraction of sp³-hybridized carbons (Fsp3) is 0.552. The zero-order chi connectivity index (χ0) is 26.3. The van der Waals surface area contributed by atoms with Crippen molar-refractivity contribution in [3.8, 4) is 11.3 Å². The standard InChI is InChI=1S/C29H37FN4O3S/c1-38(35,36)24-4-2-20(3-5-24)26-19-33-14-9-25(28(30)29(33)32-26)22-8-15-34(23-6-12-31-13-7-23)27(18-22)21-10-16-37-17-11-21/h2-5,9,14,19,21-23,27,31H,6-8,10-13,15-18H2,1H3/t22?,27-/m1/s1. The SMILES string of the molecule is CS(=O)(=O)c1ccc(-c2cn3ccc(C4CCN(C5CCNCC5)[C@@H](C5CCOCC5)C4)c(F)c3n2)cc1. The molecule has 2 atom stereocenters. The number of likely N-dealkylation sites (tertiary alicyclic amines) is 1. The normalized spacial score (nSPS) is 24.7. The van der Waals surface area contributed by atoms with Crippen LogP contribution in [0.1, 0.15) is 50.0 Å². The number of ether oxygens (including phenoxy) is 1. The van der Waals surface area contributed by atoms with Crippen molar-refractivity contribution < 1.29 is 17.5 Å². The van der Waals surface area contributed by atoms with E-state index in [0.717, 1.165) is 69.7 Å². The van der Waals surface area contributed by atoms with Gasteiger partial charge in [-0.05, 0) is 93.8 Å². The quantitative estimate of drug-likeness (QED) is 0.521. The maximum absolute atomic E-state index is 16.0. The van der Waals surface area contributed by atoms with Crippen molar-refractivity contribution in [1.29, 1.82) is 0 Å². The first-order chi connectivity index (χ1) is 18.4. The molecule has 1 unspecified atom stereocenters. The molecule has 0 aliphatic carbocycles. The Balaban J connectivity index is 1.27. The lowest BCUT2D eigenvalue weighted by Gasteiger charge is -2.49. The number of sulfone groups is 1. The van der Waals surface area contributed by atoms with Crippen LogP contribution >= 0.6 is 0 Å². The highest BCUT2D eigenvalue weighted by molar-refractivity contribution is 7.90. The number of fused-ring (bicyclic) bond motifs is 1.